The first-order valence-electron chi connectivity index (χ1n) is 15.3. The smallest absolute Gasteiger partial charge is 0.119 e. The highest BCUT2D eigenvalue weighted by atomic mass is 16.3. The summed E-state index contributed by atoms with van der Waals surface area (Å²) in [5.41, 5.74) is 4.33. The maximum atomic E-state index is 11.1. The zero-order chi connectivity index (χ0) is 25.2. The van der Waals surface area contributed by atoms with Crippen molar-refractivity contribution in [2.75, 3.05) is 0 Å². The van der Waals surface area contributed by atoms with Crippen LogP contribution in [0.1, 0.15) is 192 Å². The van der Waals surface area contributed by atoms with E-state index in [0.717, 1.165) is 0 Å². The molecule has 1 heteroatoms. The van der Waals surface area contributed by atoms with Crippen molar-refractivity contribution < 1.29 is 5.11 Å². The van der Waals surface area contributed by atoms with Gasteiger partial charge in [0.05, 0.1) is 0 Å². The molecule has 0 spiro atoms. The lowest BCUT2D eigenvalue weighted by Crippen LogP contribution is -2.10. The number of phenolic OH excluding ortho intramolecular Hbond substituents is 1. The highest BCUT2D eigenvalue weighted by Crippen LogP contribution is 2.42. The molecule has 34 heavy (non-hydrogen) atoms. The van der Waals surface area contributed by atoms with E-state index in [1.807, 2.05) is 6.07 Å². The Balaban J connectivity index is 3.02. The SMILES string of the molecule is CCCCCCCC(C)c1ccc(O)c(C(C)CCCCCCC)c1C(C)CCCCCCC. The van der Waals surface area contributed by atoms with E-state index in [2.05, 4.69) is 47.6 Å². The fourth-order valence-corrected chi connectivity index (χ4v) is 5.75. The molecule has 0 fully saturated rings. The van der Waals surface area contributed by atoms with Crippen molar-refractivity contribution in [3.8, 4) is 5.75 Å². The summed E-state index contributed by atoms with van der Waals surface area (Å²) in [4.78, 5) is 0. The number of unbranched alkanes of at least 4 members (excludes halogenated alkanes) is 12. The van der Waals surface area contributed by atoms with Crippen LogP contribution in [-0.2, 0) is 0 Å². The molecule has 0 heterocycles. The Hall–Kier alpha value is -0.980. The Kier molecular flexibility index (Phi) is 17.6. The molecule has 1 aromatic rings. The predicted octanol–water partition coefficient (Wildman–Crippen LogP) is 11.8. The Morgan fingerprint density at radius 1 is 0.500 bits per heavy atom. The first kappa shape index (κ1) is 31.1. The van der Waals surface area contributed by atoms with Crippen molar-refractivity contribution >= 4 is 0 Å². The van der Waals surface area contributed by atoms with Gasteiger partial charge in [-0.3, -0.25) is 0 Å². The fourth-order valence-electron chi connectivity index (χ4n) is 5.75. The van der Waals surface area contributed by atoms with Crippen LogP contribution in [0.4, 0.5) is 0 Å². The molecule has 0 saturated heterocycles. The molecule has 3 atom stereocenters. The van der Waals surface area contributed by atoms with Gasteiger partial charge in [-0.25, -0.2) is 0 Å². The third kappa shape index (κ3) is 11.6. The topological polar surface area (TPSA) is 20.2 Å². The second-order valence-corrected chi connectivity index (χ2v) is 11.3. The molecule has 0 saturated carbocycles. The van der Waals surface area contributed by atoms with E-state index in [1.54, 1.807) is 0 Å². The van der Waals surface area contributed by atoms with Gasteiger partial charge in [-0.2, -0.15) is 0 Å². The van der Waals surface area contributed by atoms with Gasteiger partial charge < -0.3 is 5.11 Å². The van der Waals surface area contributed by atoms with Gasteiger partial charge in [0, 0.05) is 5.56 Å². The van der Waals surface area contributed by atoms with Crippen LogP contribution in [0.5, 0.6) is 5.75 Å². The van der Waals surface area contributed by atoms with Gasteiger partial charge in [0.1, 0.15) is 5.75 Å². The van der Waals surface area contributed by atoms with Crippen molar-refractivity contribution in [3.05, 3.63) is 28.8 Å². The van der Waals surface area contributed by atoms with Crippen LogP contribution >= 0.6 is 0 Å². The van der Waals surface area contributed by atoms with Gasteiger partial charge in [-0.1, -0.05) is 144 Å². The molecule has 0 aliphatic carbocycles. The van der Waals surface area contributed by atoms with Crippen LogP contribution in [0, 0.1) is 0 Å². The third-order valence-electron chi connectivity index (χ3n) is 8.04. The molecule has 0 radical (unpaired) electrons. The van der Waals surface area contributed by atoms with Crippen molar-refractivity contribution in [1.29, 1.82) is 0 Å². The lowest BCUT2D eigenvalue weighted by atomic mass is 9.77. The maximum Gasteiger partial charge on any atom is 0.119 e. The van der Waals surface area contributed by atoms with E-state index < -0.39 is 0 Å². The molecule has 3 unspecified atom stereocenters. The Morgan fingerprint density at radius 3 is 1.32 bits per heavy atom. The van der Waals surface area contributed by atoms with Gasteiger partial charge in [0.25, 0.3) is 0 Å². The second-order valence-electron chi connectivity index (χ2n) is 11.3. The standard InChI is InChI=1S/C33H60O/c1-7-10-13-16-19-22-27(4)30-25-26-31(34)33(29(6)24-21-18-15-12-9-3)32(30)28(5)23-20-17-14-11-8-2/h25-29,34H,7-24H2,1-6H3. The Bertz CT molecular complexity index is 619. The minimum Gasteiger partial charge on any atom is -0.508 e. The lowest BCUT2D eigenvalue weighted by molar-refractivity contribution is 0.450. The molecule has 0 amide bonds. The first-order valence-corrected chi connectivity index (χ1v) is 15.3. The van der Waals surface area contributed by atoms with Crippen LogP contribution in [0.15, 0.2) is 12.1 Å². The number of aromatic hydroxyl groups is 1. The summed E-state index contributed by atoms with van der Waals surface area (Å²) in [7, 11) is 0. The van der Waals surface area contributed by atoms with Crippen molar-refractivity contribution in [1.82, 2.24) is 0 Å². The van der Waals surface area contributed by atoms with Crippen molar-refractivity contribution in [2.45, 2.75) is 175 Å². The van der Waals surface area contributed by atoms with E-state index in [1.165, 1.54) is 132 Å². The van der Waals surface area contributed by atoms with E-state index in [4.69, 9.17) is 0 Å². The average molecular weight is 473 g/mol. The molecule has 0 aliphatic rings. The Labute approximate surface area is 214 Å². The zero-order valence-electron chi connectivity index (χ0n) is 24.1. The minimum atomic E-state index is 0.441. The molecule has 0 aromatic heterocycles. The van der Waals surface area contributed by atoms with Gasteiger partial charge in [0.15, 0.2) is 0 Å². The number of rotatable bonds is 21. The fraction of sp³-hybridized carbons (Fsp3) is 0.818. The molecule has 0 bridgehead atoms. The number of hydrogen-bond donors (Lipinski definition) is 1. The Morgan fingerprint density at radius 2 is 0.882 bits per heavy atom. The van der Waals surface area contributed by atoms with E-state index in [-0.39, 0.29) is 0 Å². The summed E-state index contributed by atoms with van der Waals surface area (Å²) < 4.78 is 0. The molecule has 1 N–H and O–H groups in total. The van der Waals surface area contributed by atoms with E-state index >= 15 is 0 Å². The number of benzene rings is 1. The highest BCUT2D eigenvalue weighted by molar-refractivity contribution is 5.49. The molecule has 198 valence electrons. The van der Waals surface area contributed by atoms with Crippen LogP contribution in [0.2, 0.25) is 0 Å². The van der Waals surface area contributed by atoms with E-state index in [9.17, 15) is 5.11 Å². The quantitative estimate of drug-likeness (QED) is 0.176. The van der Waals surface area contributed by atoms with Crippen molar-refractivity contribution in [2.24, 2.45) is 0 Å². The van der Waals surface area contributed by atoms with Gasteiger partial charge in [0.2, 0.25) is 0 Å². The predicted molar refractivity (Wildman–Crippen MR) is 153 cm³/mol. The van der Waals surface area contributed by atoms with Gasteiger partial charge >= 0.3 is 0 Å². The van der Waals surface area contributed by atoms with Crippen LogP contribution < -0.4 is 0 Å². The summed E-state index contributed by atoms with van der Waals surface area (Å²) >= 11 is 0. The summed E-state index contributed by atoms with van der Waals surface area (Å²) in [6.07, 6.45) is 23.8. The minimum absolute atomic E-state index is 0.441. The zero-order valence-corrected chi connectivity index (χ0v) is 24.1. The highest BCUT2D eigenvalue weighted by Gasteiger charge is 2.24. The largest absolute Gasteiger partial charge is 0.508 e. The number of hydrogen-bond acceptors (Lipinski definition) is 1. The summed E-state index contributed by atoms with van der Waals surface area (Å²) in [6, 6.07) is 4.29. The van der Waals surface area contributed by atoms with Gasteiger partial charge in [-0.15, -0.1) is 0 Å². The lowest BCUT2D eigenvalue weighted by Gasteiger charge is -2.28. The van der Waals surface area contributed by atoms with Crippen molar-refractivity contribution in [3.63, 3.8) is 0 Å². The third-order valence-corrected chi connectivity index (χ3v) is 8.04. The first-order chi connectivity index (χ1) is 16.5. The van der Waals surface area contributed by atoms with Crippen LogP contribution in [0.3, 0.4) is 0 Å². The monoisotopic (exact) mass is 472 g/mol. The molecule has 0 aliphatic heterocycles. The average Bonchev–Trinajstić information content (AvgIpc) is 2.83. The summed E-state index contributed by atoms with van der Waals surface area (Å²) in [5.74, 6) is 2.10. The summed E-state index contributed by atoms with van der Waals surface area (Å²) in [5, 5.41) is 11.1. The molecule has 1 aromatic carbocycles. The normalized spacial score (nSPS) is 14.3. The second kappa shape index (κ2) is 19.2. The number of phenols is 1. The molecule has 1 rings (SSSR count). The van der Waals surface area contributed by atoms with Crippen LogP contribution in [0.25, 0.3) is 0 Å². The van der Waals surface area contributed by atoms with E-state index in [0.29, 0.717) is 23.5 Å². The summed E-state index contributed by atoms with van der Waals surface area (Å²) in [6.45, 7) is 14.1. The maximum absolute atomic E-state index is 11.1. The molecular formula is C33H60O. The van der Waals surface area contributed by atoms with Gasteiger partial charge in [-0.05, 0) is 54.2 Å². The molecular weight excluding hydrogens is 412 g/mol. The molecule has 1 nitrogen and oxygen atoms in total. The van der Waals surface area contributed by atoms with Crippen LogP contribution in [-0.4, -0.2) is 5.11 Å².